The Morgan fingerprint density at radius 2 is 1.83 bits per heavy atom. The van der Waals surface area contributed by atoms with Crippen LogP contribution in [0.1, 0.15) is 27.2 Å². The Morgan fingerprint density at radius 3 is 2.17 bits per heavy atom. The van der Waals surface area contributed by atoms with E-state index in [1.807, 2.05) is 19.0 Å². The van der Waals surface area contributed by atoms with Crippen molar-refractivity contribution in [1.29, 1.82) is 0 Å². The molecule has 0 bridgehead atoms. The second kappa shape index (κ2) is 7.37. The predicted octanol–water partition coefficient (Wildman–Crippen LogP) is 0.557. The Balaban J connectivity index is 4.80. The zero-order valence-electron chi connectivity index (χ0n) is 11.8. The van der Waals surface area contributed by atoms with Gasteiger partial charge in [-0.05, 0) is 33.4 Å². The summed E-state index contributed by atoms with van der Waals surface area (Å²) in [7, 11) is 0.338. The van der Waals surface area contributed by atoms with E-state index >= 15 is 0 Å². The van der Waals surface area contributed by atoms with Gasteiger partial charge >= 0.3 is 0 Å². The second-order valence-electron chi connectivity index (χ2n) is 5.30. The molecule has 0 heterocycles. The minimum atomic E-state index is -3.49. The van der Waals surface area contributed by atoms with Gasteiger partial charge in [-0.25, -0.2) is 13.1 Å². The summed E-state index contributed by atoms with van der Waals surface area (Å²) in [6.07, 6.45) is 0.779. The van der Waals surface area contributed by atoms with Crippen LogP contribution in [0.4, 0.5) is 0 Å². The fourth-order valence-corrected chi connectivity index (χ4v) is 3.18. The van der Waals surface area contributed by atoms with Crippen LogP contribution in [0, 0.1) is 5.92 Å². The molecule has 0 radical (unpaired) electrons. The monoisotopic (exact) mass is 295 g/mol. The third-order valence-corrected chi connectivity index (χ3v) is 4.89. The summed E-state index contributed by atoms with van der Waals surface area (Å²) in [5.41, 5.74) is 5.40. The molecule has 0 aromatic rings. The lowest BCUT2D eigenvalue weighted by Crippen LogP contribution is -2.48. The Kier molecular flexibility index (Phi) is 7.28. The van der Waals surface area contributed by atoms with Gasteiger partial charge in [0.1, 0.15) is 5.25 Å². The molecule has 7 heteroatoms. The Hall–Kier alpha value is -0.240. The number of hydrogen-bond donors (Lipinski definition) is 2. The van der Waals surface area contributed by atoms with Crippen molar-refractivity contribution in [3.05, 3.63) is 0 Å². The normalized spacial score (nSPS) is 15.9. The van der Waals surface area contributed by atoms with Crippen LogP contribution in [0.3, 0.4) is 0 Å². The van der Waals surface area contributed by atoms with E-state index in [1.165, 1.54) is 6.92 Å². The van der Waals surface area contributed by atoms with E-state index in [0.29, 0.717) is 12.5 Å². The molecule has 108 valence electrons. The van der Waals surface area contributed by atoms with Crippen molar-refractivity contribution in [2.75, 3.05) is 20.6 Å². The fraction of sp³-hybridized carbons (Fsp3) is 0.909. The maximum Gasteiger partial charge on any atom is 0.221 e. The maximum atomic E-state index is 12.0. The first-order valence-electron chi connectivity index (χ1n) is 6.01. The number of sulfonamides is 1. The molecule has 0 amide bonds. The third-order valence-electron chi connectivity index (χ3n) is 2.54. The molecule has 0 saturated carbocycles. The van der Waals surface area contributed by atoms with Gasteiger partial charge in [0.05, 0.1) is 4.99 Å². The summed E-state index contributed by atoms with van der Waals surface area (Å²) in [5.74, 6) is 0.415. The van der Waals surface area contributed by atoms with Gasteiger partial charge < -0.3 is 10.6 Å². The molecule has 0 aliphatic rings. The van der Waals surface area contributed by atoms with E-state index in [-0.39, 0.29) is 11.0 Å². The highest BCUT2D eigenvalue weighted by Crippen LogP contribution is 2.09. The lowest BCUT2D eigenvalue weighted by atomic mass is 10.0. The predicted molar refractivity (Wildman–Crippen MR) is 80.1 cm³/mol. The molecule has 0 saturated heterocycles. The molecule has 5 nitrogen and oxygen atoms in total. The van der Waals surface area contributed by atoms with Crippen molar-refractivity contribution in [3.63, 3.8) is 0 Å². The van der Waals surface area contributed by atoms with Crippen molar-refractivity contribution in [1.82, 2.24) is 9.62 Å². The summed E-state index contributed by atoms with van der Waals surface area (Å²) in [4.78, 5) is 1.96. The Bertz CT molecular complexity index is 356. The SMILES string of the molecule is CC(C)CC(CN(C)C)NS(=O)(=O)C(C)C(N)=S. The number of nitrogens with zero attached hydrogens (tertiary/aromatic N) is 1. The van der Waals surface area contributed by atoms with Gasteiger partial charge in [0.2, 0.25) is 10.0 Å². The van der Waals surface area contributed by atoms with Crippen LogP contribution in [-0.2, 0) is 10.0 Å². The zero-order valence-corrected chi connectivity index (χ0v) is 13.4. The highest BCUT2D eigenvalue weighted by molar-refractivity contribution is 7.93. The lowest BCUT2D eigenvalue weighted by molar-refractivity contribution is 0.329. The molecule has 18 heavy (non-hydrogen) atoms. The topological polar surface area (TPSA) is 75.4 Å². The number of hydrogen-bond acceptors (Lipinski definition) is 4. The van der Waals surface area contributed by atoms with Crippen LogP contribution >= 0.6 is 12.2 Å². The van der Waals surface area contributed by atoms with E-state index < -0.39 is 15.3 Å². The molecule has 0 aliphatic carbocycles. The molecule has 0 aromatic carbocycles. The van der Waals surface area contributed by atoms with Gasteiger partial charge in [-0.1, -0.05) is 26.1 Å². The van der Waals surface area contributed by atoms with Crippen molar-refractivity contribution in [2.45, 2.75) is 38.5 Å². The minimum Gasteiger partial charge on any atom is -0.392 e. The smallest absolute Gasteiger partial charge is 0.221 e. The van der Waals surface area contributed by atoms with E-state index in [0.717, 1.165) is 6.42 Å². The molecule has 3 N–H and O–H groups in total. The summed E-state index contributed by atoms with van der Waals surface area (Å²) < 4.78 is 26.8. The van der Waals surface area contributed by atoms with Gasteiger partial charge in [0, 0.05) is 12.6 Å². The summed E-state index contributed by atoms with van der Waals surface area (Å²) in [5, 5.41) is -0.843. The number of likely N-dealkylation sites (N-methyl/N-ethyl adjacent to an activating group) is 1. The molecular weight excluding hydrogens is 270 g/mol. The van der Waals surface area contributed by atoms with Gasteiger partial charge in [-0.15, -0.1) is 0 Å². The second-order valence-corrected chi connectivity index (χ2v) is 7.80. The van der Waals surface area contributed by atoms with Crippen molar-refractivity contribution in [2.24, 2.45) is 11.7 Å². The highest BCUT2D eigenvalue weighted by atomic mass is 32.2. The van der Waals surface area contributed by atoms with Gasteiger partial charge in [0.25, 0.3) is 0 Å². The van der Waals surface area contributed by atoms with Crippen molar-refractivity contribution in [3.8, 4) is 0 Å². The van der Waals surface area contributed by atoms with Crippen LogP contribution in [0.2, 0.25) is 0 Å². The van der Waals surface area contributed by atoms with E-state index in [4.69, 9.17) is 18.0 Å². The molecule has 0 aromatic heterocycles. The quantitative estimate of drug-likeness (QED) is 0.640. The van der Waals surface area contributed by atoms with Crippen molar-refractivity contribution >= 4 is 27.2 Å². The largest absolute Gasteiger partial charge is 0.392 e. The number of nitrogens with two attached hydrogens (primary N) is 1. The van der Waals surface area contributed by atoms with Gasteiger partial charge in [-0.2, -0.15) is 0 Å². The molecule has 0 aliphatic heterocycles. The van der Waals surface area contributed by atoms with Crippen LogP contribution in [0.25, 0.3) is 0 Å². The Morgan fingerprint density at radius 1 is 1.33 bits per heavy atom. The van der Waals surface area contributed by atoms with Gasteiger partial charge in [-0.3, -0.25) is 0 Å². The first kappa shape index (κ1) is 17.8. The summed E-state index contributed by atoms with van der Waals surface area (Å²) in [6, 6.07) is -0.123. The van der Waals surface area contributed by atoms with Crippen LogP contribution in [0.5, 0.6) is 0 Å². The van der Waals surface area contributed by atoms with Crippen LogP contribution in [0.15, 0.2) is 0 Å². The molecule has 0 fully saturated rings. The number of nitrogens with one attached hydrogen (secondary N) is 1. The average molecular weight is 295 g/mol. The number of thiocarbonyl (C=S) groups is 1. The van der Waals surface area contributed by atoms with E-state index in [9.17, 15) is 8.42 Å². The minimum absolute atomic E-state index is 0.00403. The highest BCUT2D eigenvalue weighted by Gasteiger charge is 2.27. The van der Waals surface area contributed by atoms with E-state index in [1.54, 1.807) is 0 Å². The average Bonchev–Trinajstić information content (AvgIpc) is 2.12. The molecule has 0 rings (SSSR count). The van der Waals surface area contributed by atoms with E-state index in [2.05, 4.69) is 18.6 Å². The lowest BCUT2D eigenvalue weighted by Gasteiger charge is -2.25. The molecule has 2 unspecified atom stereocenters. The molecule has 0 spiro atoms. The first-order valence-corrected chi connectivity index (χ1v) is 7.97. The molecule has 2 atom stereocenters. The third kappa shape index (κ3) is 6.63. The number of rotatable bonds is 8. The zero-order chi connectivity index (χ0) is 14.5. The molecular formula is C11H25N3O2S2. The van der Waals surface area contributed by atoms with Crippen LogP contribution in [-0.4, -0.2) is 50.2 Å². The summed E-state index contributed by atoms with van der Waals surface area (Å²) in [6.45, 7) is 6.29. The standard InChI is InChI=1S/C11H25N3O2S2/c1-8(2)6-10(7-14(4)5)13-18(15,16)9(3)11(12)17/h8-10,13H,6-7H2,1-5H3,(H2,12,17). The van der Waals surface area contributed by atoms with Crippen molar-refractivity contribution < 1.29 is 8.42 Å². The van der Waals surface area contributed by atoms with Crippen LogP contribution < -0.4 is 10.5 Å². The first-order chi connectivity index (χ1) is 8.06. The summed E-state index contributed by atoms with van der Waals surface area (Å²) >= 11 is 4.74. The maximum absolute atomic E-state index is 12.0. The Labute approximate surface area is 116 Å². The fourth-order valence-electron chi connectivity index (χ4n) is 1.66. The van der Waals surface area contributed by atoms with Gasteiger partial charge in [0.15, 0.2) is 0 Å².